The molecule has 0 aliphatic heterocycles. The molecule has 0 unspecified atom stereocenters. The summed E-state index contributed by atoms with van der Waals surface area (Å²) in [5.74, 6) is 1.76. The molecule has 1 nitrogen and oxygen atoms in total. The fourth-order valence-electron chi connectivity index (χ4n) is 3.40. The first-order valence-electron chi connectivity index (χ1n) is 11.3. The van der Waals surface area contributed by atoms with Gasteiger partial charge in [-0.25, -0.2) is 0 Å². The van der Waals surface area contributed by atoms with Gasteiger partial charge in [-0.1, -0.05) is 98.8 Å². The summed E-state index contributed by atoms with van der Waals surface area (Å²) in [4.78, 5) is 2.76. The number of unbranched alkanes of at least 4 members (excludes halogenated alkanes) is 8. The first-order valence-corrected chi connectivity index (χ1v) is 11.3. The molecule has 0 aliphatic carbocycles. The minimum atomic E-state index is 0.881. The molecule has 0 saturated heterocycles. The smallest absolute Gasteiger partial charge is 0.00187 e. The largest absolute Gasteiger partial charge is 0.303 e. The van der Waals surface area contributed by atoms with Crippen LogP contribution in [0.4, 0.5) is 0 Å². The van der Waals surface area contributed by atoms with Crippen LogP contribution in [0.5, 0.6) is 0 Å². The van der Waals surface area contributed by atoms with Crippen molar-refractivity contribution in [2.75, 3.05) is 19.6 Å². The molecular formula is C23H49N. The van der Waals surface area contributed by atoms with Crippen molar-refractivity contribution in [3.8, 4) is 0 Å². The standard InChI is InChI=1S/C23H49N/c1-6-7-14-19-24(20-15-10-8-12-17-22(2)3)21-16-11-9-13-18-23(4)5/h22-23H,6-21H2,1-5H3. The van der Waals surface area contributed by atoms with Crippen LogP contribution in [0, 0.1) is 11.8 Å². The summed E-state index contributed by atoms with van der Waals surface area (Å²) in [6.07, 6.45) is 18.4. The third-order valence-corrected chi connectivity index (χ3v) is 5.09. The lowest BCUT2D eigenvalue weighted by atomic mass is 10.0. The van der Waals surface area contributed by atoms with Gasteiger partial charge >= 0.3 is 0 Å². The van der Waals surface area contributed by atoms with Gasteiger partial charge in [0.25, 0.3) is 0 Å². The number of hydrogen-bond acceptors (Lipinski definition) is 1. The normalized spacial score (nSPS) is 12.0. The fraction of sp³-hybridized carbons (Fsp3) is 1.00. The Kier molecular flexibility index (Phi) is 17.7. The third kappa shape index (κ3) is 18.3. The second kappa shape index (κ2) is 17.8. The van der Waals surface area contributed by atoms with Crippen LogP contribution in [0.2, 0.25) is 0 Å². The first kappa shape index (κ1) is 24.0. The van der Waals surface area contributed by atoms with Crippen molar-refractivity contribution < 1.29 is 0 Å². The Bertz CT molecular complexity index is 214. The van der Waals surface area contributed by atoms with E-state index in [2.05, 4.69) is 39.5 Å². The van der Waals surface area contributed by atoms with Crippen LogP contribution in [0.3, 0.4) is 0 Å². The first-order chi connectivity index (χ1) is 11.6. The zero-order chi connectivity index (χ0) is 18.0. The van der Waals surface area contributed by atoms with Crippen molar-refractivity contribution in [1.29, 1.82) is 0 Å². The van der Waals surface area contributed by atoms with E-state index in [1.165, 1.54) is 103 Å². The molecule has 0 N–H and O–H groups in total. The Morgan fingerprint density at radius 1 is 0.500 bits per heavy atom. The van der Waals surface area contributed by atoms with E-state index < -0.39 is 0 Å². The van der Waals surface area contributed by atoms with Crippen LogP contribution < -0.4 is 0 Å². The second-order valence-electron chi connectivity index (χ2n) is 8.74. The molecule has 0 radical (unpaired) electrons. The molecule has 0 aromatic rings. The molecule has 1 heteroatoms. The highest BCUT2D eigenvalue weighted by Crippen LogP contribution is 2.12. The van der Waals surface area contributed by atoms with Crippen LogP contribution in [0.1, 0.15) is 118 Å². The predicted molar refractivity (Wildman–Crippen MR) is 112 cm³/mol. The Morgan fingerprint density at radius 3 is 1.25 bits per heavy atom. The Morgan fingerprint density at radius 2 is 0.875 bits per heavy atom. The maximum atomic E-state index is 2.76. The molecule has 0 spiro atoms. The summed E-state index contributed by atoms with van der Waals surface area (Å²) in [6, 6.07) is 0. The van der Waals surface area contributed by atoms with Gasteiger partial charge in [0.2, 0.25) is 0 Å². The Hall–Kier alpha value is -0.0400. The van der Waals surface area contributed by atoms with Crippen molar-refractivity contribution in [3.05, 3.63) is 0 Å². The average molecular weight is 340 g/mol. The zero-order valence-corrected chi connectivity index (χ0v) is 17.9. The molecule has 0 heterocycles. The second-order valence-corrected chi connectivity index (χ2v) is 8.74. The van der Waals surface area contributed by atoms with Gasteiger partial charge in [0, 0.05) is 0 Å². The van der Waals surface area contributed by atoms with Gasteiger partial charge in [-0.05, 0) is 50.7 Å². The van der Waals surface area contributed by atoms with E-state index in [1.54, 1.807) is 0 Å². The maximum absolute atomic E-state index is 2.76. The minimum absolute atomic E-state index is 0.881. The van der Waals surface area contributed by atoms with Gasteiger partial charge in [-0.3, -0.25) is 0 Å². The SMILES string of the molecule is CCCCCN(CCCCCCC(C)C)CCCCCCC(C)C. The molecule has 0 fully saturated rings. The summed E-state index contributed by atoms with van der Waals surface area (Å²) in [5, 5.41) is 0. The Labute approximate surface area is 155 Å². The number of nitrogens with zero attached hydrogens (tertiary/aromatic N) is 1. The Balaban J connectivity index is 3.72. The average Bonchev–Trinajstić information content (AvgIpc) is 2.52. The van der Waals surface area contributed by atoms with Crippen LogP contribution in [0.25, 0.3) is 0 Å². The molecule has 0 rings (SSSR count). The lowest BCUT2D eigenvalue weighted by Gasteiger charge is -2.22. The van der Waals surface area contributed by atoms with E-state index in [0.717, 1.165) is 11.8 Å². The quantitative estimate of drug-likeness (QED) is 0.231. The third-order valence-electron chi connectivity index (χ3n) is 5.09. The summed E-state index contributed by atoms with van der Waals surface area (Å²) in [5.41, 5.74) is 0. The van der Waals surface area contributed by atoms with Crippen molar-refractivity contribution >= 4 is 0 Å². The molecule has 146 valence electrons. The predicted octanol–water partition coefficient (Wildman–Crippen LogP) is 7.69. The van der Waals surface area contributed by atoms with Crippen LogP contribution in [-0.2, 0) is 0 Å². The summed E-state index contributed by atoms with van der Waals surface area (Å²) >= 11 is 0. The van der Waals surface area contributed by atoms with Crippen LogP contribution >= 0.6 is 0 Å². The molecule has 0 aromatic heterocycles. The van der Waals surface area contributed by atoms with Crippen LogP contribution in [0.15, 0.2) is 0 Å². The van der Waals surface area contributed by atoms with E-state index >= 15 is 0 Å². The topological polar surface area (TPSA) is 3.24 Å². The monoisotopic (exact) mass is 339 g/mol. The van der Waals surface area contributed by atoms with E-state index in [1.807, 2.05) is 0 Å². The summed E-state index contributed by atoms with van der Waals surface area (Å²) in [6.45, 7) is 15.7. The summed E-state index contributed by atoms with van der Waals surface area (Å²) < 4.78 is 0. The molecule has 0 aromatic carbocycles. The lowest BCUT2D eigenvalue weighted by molar-refractivity contribution is 0.254. The van der Waals surface area contributed by atoms with Gasteiger partial charge in [0.05, 0.1) is 0 Å². The minimum Gasteiger partial charge on any atom is -0.303 e. The lowest BCUT2D eigenvalue weighted by Crippen LogP contribution is -2.27. The van der Waals surface area contributed by atoms with Gasteiger partial charge in [-0.15, -0.1) is 0 Å². The summed E-state index contributed by atoms with van der Waals surface area (Å²) in [7, 11) is 0. The van der Waals surface area contributed by atoms with Crippen molar-refractivity contribution in [3.63, 3.8) is 0 Å². The van der Waals surface area contributed by atoms with Gasteiger partial charge < -0.3 is 4.90 Å². The maximum Gasteiger partial charge on any atom is -0.00187 e. The molecule has 0 aliphatic rings. The number of rotatable bonds is 18. The fourth-order valence-corrected chi connectivity index (χ4v) is 3.40. The van der Waals surface area contributed by atoms with Crippen LogP contribution in [-0.4, -0.2) is 24.5 Å². The molecule has 24 heavy (non-hydrogen) atoms. The van der Waals surface area contributed by atoms with E-state index in [4.69, 9.17) is 0 Å². The van der Waals surface area contributed by atoms with E-state index in [0.29, 0.717) is 0 Å². The van der Waals surface area contributed by atoms with Crippen molar-refractivity contribution in [2.45, 2.75) is 118 Å². The van der Waals surface area contributed by atoms with Gasteiger partial charge in [0.15, 0.2) is 0 Å². The van der Waals surface area contributed by atoms with Gasteiger partial charge in [-0.2, -0.15) is 0 Å². The van der Waals surface area contributed by atoms with E-state index in [9.17, 15) is 0 Å². The highest BCUT2D eigenvalue weighted by atomic mass is 15.1. The number of hydrogen-bond donors (Lipinski definition) is 0. The highest BCUT2D eigenvalue weighted by Gasteiger charge is 2.05. The molecule has 0 amide bonds. The highest BCUT2D eigenvalue weighted by molar-refractivity contribution is 4.60. The van der Waals surface area contributed by atoms with Crippen molar-refractivity contribution in [2.24, 2.45) is 11.8 Å². The van der Waals surface area contributed by atoms with E-state index in [-0.39, 0.29) is 0 Å². The van der Waals surface area contributed by atoms with Gasteiger partial charge in [0.1, 0.15) is 0 Å². The molecule has 0 bridgehead atoms. The molecular weight excluding hydrogens is 290 g/mol. The molecule has 0 saturated carbocycles. The van der Waals surface area contributed by atoms with Crippen molar-refractivity contribution in [1.82, 2.24) is 4.90 Å². The molecule has 0 atom stereocenters. The zero-order valence-electron chi connectivity index (χ0n) is 17.9.